The average molecular weight is 583 g/mol. The fourth-order valence-electron chi connectivity index (χ4n) is 3.28. The Kier molecular flexibility index (Phi) is 12.1. The molecule has 0 saturated carbocycles. The zero-order chi connectivity index (χ0) is 29.2. The second kappa shape index (κ2) is 14.7. The van der Waals surface area contributed by atoms with Crippen LogP contribution in [0.3, 0.4) is 0 Å². The maximum absolute atomic E-state index is 14.2. The number of carbonyl (C=O) groups is 1. The summed E-state index contributed by atoms with van der Waals surface area (Å²) in [5.74, 6) is 0.489. The van der Waals surface area contributed by atoms with Gasteiger partial charge in [-0.05, 0) is 75.4 Å². The standard InChI is InChI=1S/C22H22ClF2N3O2S.C5H11NO2/c1-13(30-17-8-14(12-31-2)7-16(26)10-17)5-6-29-20-9-15(24)3-4-18(20)21-19(25)11-27-22(23)28-21;1-5(2,3)8-4(6)7/h3-4,7-11,13H,5-6,12,26H2,1-2H3;1-3H3,(H2,6,7)/t13-;/m0./s1. The van der Waals surface area contributed by atoms with Gasteiger partial charge >= 0.3 is 6.09 Å². The van der Waals surface area contributed by atoms with Gasteiger partial charge in [0.2, 0.25) is 5.28 Å². The SMILES string of the molecule is CC(C)(C)OC(N)=O.CSCc1cc(N)cc(O[C@@H](C)CCOc2cc(F)ccc2-c2nc(Cl)ncc2F)c1. The Morgan fingerprint density at radius 3 is 2.51 bits per heavy atom. The summed E-state index contributed by atoms with van der Waals surface area (Å²) >= 11 is 7.48. The number of aromatic nitrogens is 2. The Balaban J connectivity index is 0.000000580. The lowest BCUT2D eigenvalue weighted by Crippen LogP contribution is -2.27. The van der Waals surface area contributed by atoms with Crippen molar-refractivity contribution >= 4 is 35.1 Å². The molecule has 3 aromatic rings. The molecule has 0 aliphatic heterocycles. The van der Waals surface area contributed by atoms with Crippen LogP contribution in [-0.2, 0) is 10.5 Å². The molecule has 4 N–H and O–H groups in total. The quantitative estimate of drug-likeness (QED) is 0.213. The smallest absolute Gasteiger partial charge is 0.405 e. The highest BCUT2D eigenvalue weighted by Gasteiger charge is 2.16. The molecule has 8 nitrogen and oxygen atoms in total. The lowest BCUT2D eigenvalue weighted by atomic mass is 10.1. The number of nitrogens with two attached hydrogens (primary N) is 2. The number of halogens is 3. The van der Waals surface area contributed by atoms with E-state index in [0.717, 1.165) is 17.5 Å². The molecule has 39 heavy (non-hydrogen) atoms. The predicted octanol–water partition coefficient (Wildman–Crippen LogP) is 6.64. The number of nitrogens with zero attached hydrogens (tertiary/aromatic N) is 2. The van der Waals surface area contributed by atoms with Crippen molar-refractivity contribution in [2.24, 2.45) is 5.73 Å². The molecule has 1 aromatic heterocycles. The van der Waals surface area contributed by atoms with Crippen LogP contribution < -0.4 is 20.9 Å². The van der Waals surface area contributed by atoms with Crippen molar-refractivity contribution < 1.29 is 27.8 Å². The van der Waals surface area contributed by atoms with Crippen molar-refractivity contribution in [3.63, 3.8) is 0 Å². The molecule has 3 rings (SSSR count). The minimum absolute atomic E-state index is 0.0552. The molecule has 0 aliphatic carbocycles. The van der Waals surface area contributed by atoms with Crippen LogP contribution in [-0.4, -0.2) is 40.6 Å². The normalized spacial score (nSPS) is 11.7. The molecule has 0 unspecified atom stereocenters. The Labute approximate surface area is 236 Å². The first-order chi connectivity index (χ1) is 18.3. The van der Waals surface area contributed by atoms with Crippen LogP contribution in [0.5, 0.6) is 11.5 Å². The highest BCUT2D eigenvalue weighted by atomic mass is 35.5. The number of thioether (sulfide) groups is 1. The molecule has 1 atom stereocenters. The third-order valence-corrected chi connectivity index (χ3v) is 5.54. The number of carbonyl (C=O) groups excluding carboxylic acids is 1. The summed E-state index contributed by atoms with van der Waals surface area (Å²) < 4.78 is 44.2. The van der Waals surface area contributed by atoms with Gasteiger partial charge in [0.05, 0.1) is 18.9 Å². The molecule has 0 radical (unpaired) electrons. The van der Waals surface area contributed by atoms with Gasteiger partial charge in [0.1, 0.15) is 28.6 Å². The first-order valence-corrected chi connectivity index (χ1v) is 13.7. The second-order valence-electron chi connectivity index (χ2n) is 9.42. The Hall–Kier alpha value is -3.31. The largest absolute Gasteiger partial charge is 0.493 e. The maximum atomic E-state index is 14.2. The fourth-order valence-corrected chi connectivity index (χ4v) is 3.91. The van der Waals surface area contributed by atoms with Gasteiger partial charge in [0.25, 0.3) is 0 Å². The van der Waals surface area contributed by atoms with Crippen LogP contribution in [0.1, 0.15) is 39.7 Å². The van der Waals surface area contributed by atoms with Crippen LogP contribution in [0.2, 0.25) is 5.28 Å². The molecule has 0 aliphatic rings. The third-order valence-electron chi connectivity index (χ3n) is 4.74. The van der Waals surface area contributed by atoms with Crippen molar-refractivity contribution in [1.29, 1.82) is 0 Å². The van der Waals surface area contributed by atoms with Gasteiger partial charge in [-0.25, -0.2) is 23.5 Å². The van der Waals surface area contributed by atoms with Crippen LogP contribution in [0.15, 0.2) is 42.6 Å². The van der Waals surface area contributed by atoms with Gasteiger partial charge in [0.15, 0.2) is 5.82 Å². The summed E-state index contributed by atoms with van der Waals surface area (Å²) in [6.45, 7) is 7.41. The second-order valence-corrected chi connectivity index (χ2v) is 10.6. The van der Waals surface area contributed by atoms with E-state index in [1.54, 1.807) is 38.6 Å². The summed E-state index contributed by atoms with van der Waals surface area (Å²) in [4.78, 5) is 17.5. The van der Waals surface area contributed by atoms with Gasteiger partial charge in [-0.15, -0.1) is 0 Å². The Morgan fingerprint density at radius 2 is 1.90 bits per heavy atom. The van der Waals surface area contributed by atoms with E-state index in [-0.39, 0.29) is 35.0 Å². The number of primary amides is 1. The van der Waals surface area contributed by atoms with Gasteiger partial charge in [-0.1, -0.05) is 0 Å². The van der Waals surface area contributed by atoms with Crippen LogP contribution in [0.4, 0.5) is 19.3 Å². The number of hydrogen-bond donors (Lipinski definition) is 2. The molecule has 0 saturated heterocycles. The minimum atomic E-state index is -0.725. The van der Waals surface area contributed by atoms with Gasteiger partial charge in [0, 0.05) is 35.6 Å². The van der Waals surface area contributed by atoms with Crippen molar-refractivity contribution in [1.82, 2.24) is 9.97 Å². The van der Waals surface area contributed by atoms with Gasteiger partial charge in [-0.2, -0.15) is 11.8 Å². The monoisotopic (exact) mass is 582 g/mol. The molecule has 0 spiro atoms. The number of nitrogen functional groups attached to an aromatic ring is 1. The minimum Gasteiger partial charge on any atom is -0.493 e. The van der Waals surface area contributed by atoms with Crippen LogP contribution in [0.25, 0.3) is 11.3 Å². The zero-order valence-electron chi connectivity index (χ0n) is 22.5. The van der Waals surface area contributed by atoms with E-state index in [1.165, 1.54) is 18.2 Å². The fraction of sp³-hybridized carbons (Fsp3) is 0.370. The lowest BCUT2D eigenvalue weighted by Gasteiger charge is -2.17. The first-order valence-electron chi connectivity index (χ1n) is 11.9. The van der Waals surface area contributed by atoms with Crippen LogP contribution in [0, 0.1) is 11.6 Å². The zero-order valence-corrected chi connectivity index (χ0v) is 24.0. The molecule has 1 heterocycles. The third kappa shape index (κ3) is 11.5. The summed E-state index contributed by atoms with van der Waals surface area (Å²) in [6.07, 6.45) is 2.58. The van der Waals surface area contributed by atoms with Crippen LogP contribution >= 0.6 is 23.4 Å². The first kappa shape index (κ1) is 31.9. The highest BCUT2D eigenvalue weighted by molar-refractivity contribution is 7.97. The van der Waals surface area contributed by atoms with E-state index in [2.05, 4.69) is 14.7 Å². The molecule has 12 heteroatoms. The molecular weight excluding hydrogens is 550 g/mol. The molecule has 1 amide bonds. The molecule has 0 fully saturated rings. The summed E-state index contributed by atoms with van der Waals surface area (Å²) in [7, 11) is 0. The van der Waals surface area contributed by atoms with Crippen molar-refractivity contribution in [2.75, 3.05) is 18.6 Å². The maximum Gasteiger partial charge on any atom is 0.405 e. The number of hydrogen-bond acceptors (Lipinski definition) is 8. The number of ether oxygens (including phenoxy) is 3. The number of anilines is 1. The van der Waals surface area contributed by atoms with E-state index < -0.39 is 23.3 Å². The predicted molar refractivity (Wildman–Crippen MR) is 151 cm³/mol. The van der Waals surface area contributed by atoms with Crippen molar-refractivity contribution in [3.8, 4) is 22.8 Å². The number of amides is 1. The van der Waals surface area contributed by atoms with E-state index in [1.807, 2.05) is 25.3 Å². The number of rotatable bonds is 9. The lowest BCUT2D eigenvalue weighted by molar-refractivity contribution is 0.0600. The Bertz CT molecular complexity index is 1260. The highest BCUT2D eigenvalue weighted by Crippen LogP contribution is 2.32. The summed E-state index contributed by atoms with van der Waals surface area (Å²) in [5.41, 5.74) is 12.2. The van der Waals surface area contributed by atoms with E-state index in [9.17, 15) is 13.6 Å². The van der Waals surface area contributed by atoms with E-state index >= 15 is 0 Å². The van der Waals surface area contributed by atoms with Crippen molar-refractivity contribution in [3.05, 3.63) is 65.1 Å². The molecular formula is C27H33ClF2N4O4S. The van der Waals surface area contributed by atoms with Gasteiger partial charge in [-0.3, -0.25) is 0 Å². The molecule has 212 valence electrons. The van der Waals surface area contributed by atoms with Crippen molar-refractivity contribution in [2.45, 2.75) is 51.6 Å². The Morgan fingerprint density at radius 1 is 1.18 bits per heavy atom. The van der Waals surface area contributed by atoms with Gasteiger partial charge < -0.3 is 25.7 Å². The molecule has 0 bridgehead atoms. The topological polar surface area (TPSA) is 123 Å². The number of benzene rings is 2. The average Bonchev–Trinajstić information content (AvgIpc) is 2.79. The summed E-state index contributed by atoms with van der Waals surface area (Å²) in [6, 6.07) is 9.43. The molecule has 2 aromatic carbocycles. The summed E-state index contributed by atoms with van der Waals surface area (Å²) in [5, 5.41) is -0.114. The van der Waals surface area contributed by atoms with E-state index in [4.69, 9.17) is 32.5 Å². The van der Waals surface area contributed by atoms with E-state index in [0.29, 0.717) is 17.9 Å².